The molecule has 0 bridgehead atoms. The molecule has 1 N–H and O–H groups in total. The second-order valence-corrected chi connectivity index (χ2v) is 4.25. The van der Waals surface area contributed by atoms with Crippen LogP contribution in [0, 0.1) is 5.92 Å². The molecule has 0 fully saturated rings. The zero-order valence-corrected chi connectivity index (χ0v) is 8.98. The number of carboxylic acids is 1. The van der Waals surface area contributed by atoms with Gasteiger partial charge in [-0.3, -0.25) is 4.79 Å². The molecule has 1 unspecified atom stereocenters. The van der Waals surface area contributed by atoms with Crippen molar-refractivity contribution >= 4 is 17.7 Å². The quantitative estimate of drug-likeness (QED) is 0.486. The second-order valence-electron chi connectivity index (χ2n) is 3.10. The topological polar surface area (TPSA) is 37.3 Å². The van der Waals surface area contributed by atoms with E-state index in [1.54, 1.807) is 18.7 Å². The number of allylic oxidation sites excluding steroid dienone is 1. The lowest BCUT2D eigenvalue weighted by atomic mass is 10.2. The first-order valence-corrected chi connectivity index (χ1v) is 5.75. The van der Waals surface area contributed by atoms with Gasteiger partial charge in [0.05, 0.1) is 5.92 Å². The first-order chi connectivity index (χ1) is 6.18. The molecule has 0 radical (unpaired) electrons. The smallest absolute Gasteiger partial charge is 0.307 e. The summed E-state index contributed by atoms with van der Waals surface area (Å²) in [5.41, 5.74) is 0. The molecule has 0 aliphatic carbocycles. The summed E-state index contributed by atoms with van der Waals surface area (Å²) in [7, 11) is 0. The van der Waals surface area contributed by atoms with E-state index >= 15 is 0 Å². The van der Waals surface area contributed by atoms with Crippen LogP contribution in [-0.2, 0) is 4.79 Å². The summed E-state index contributed by atoms with van der Waals surface area (Å²) in [4.78, 5) is 10.4. The fourth-order valence-electron chi connectivity index (χ4n) is 0.824. The highest BCUT2D eigenvalue weighted by Crippen LogP contribution is 2.11. The van der Waals surface area contributed by atoms with Crippen molar-refractivity contribution in [1.29, 1.82) is 0 Å². The summed E-state index contributed by atoms with van der Waals surface area (Å²) in [6.07, 6.45) is 5.31. The number of hydrogen-bond acceptors (Lipinski definition) is 2. The Morgan fingerprint density at radius 2 is 2.31 bits per heavy atom. The molecule has 2 nitrogen and oxygen atoms in total. The summed E-state index contributed by atoms with van der Waals surface area (Å²) in [6, 6.07) is 0. The van der Waals surface area contributed by atoms with Gasteiger partial charge in [-0.1, -0.05) is 13.0 Å². The molecule has 0 heterocycles. The number of rotatable bonds is 8. The number of carbonyl (C=O) groups is 1. The highest BCUT2D eigenvalue weighted by atomic mass is 32.2. The molecule has 0 aliphatic rings. The highest BCUT2D eigenvalue weighted by Gasteiger charge is 2.09. The summed E-state index contributed by atoms with van der Waals surface area (Å²) < 4.78 is 0. The van der Waals surface area contributed by atoms with Crippen LogP contribution in [0.4, 0.5) is 0 Å². The zero-order valence-electron chi connectivity index (χ0n) is 8.16. The molecule has 76 valence electrons. The Hall–Kier alpha value is -0.440. The van der Waals surface area contributed by atoms with E-state index in [9.17, 15) is 4.79 Å². The largest absolute Gasteiger partial charge is 0.481 e. The van der Waals surface area contributed by atoms with Gasteiger partial charge < -0.3 is 5.11 Å². The molecule has 0 spiro atoms. The third-order valence-electron chi connectivity index (χ3n) is 1.74. The van der Waals surface area contributed by atoms with Gasteiger partial charge >= 0.3 is 5.97 Å². The van der Waals surface area contributed by atoms with Crippen molar-refractivity contribution in [3.05, 3.63) is 12.7 Å². The van der Waals surface area contributed by atoms with Crippen LogP contribution in [-0.4, -0.2) is 22.6 Å². The van der Waals surface area contributed by atoms with Crippen LogP contribution in [0.3, 0.4) is 0 Å². The zero-order chi connectivity index (χ0) is 10.1. The molecule has 1 atom stereocenters. The lowest BCUT2D eigenvalue weighted by Crippen LogP contribution is -2.11. The molecule has 0 rings (SSSR count). The van der Waals surface area contributed by atoms with E-state index in [1.807, 2.05) is 6.08 Å². The van der Waals surface area contributed by atoms with Crippen LogP contribution in [0.2, 0.25) is 0 Å². The van der Waals surface area contributed by atoms with Crippen molar-refractivity contribution in [3.63, 3.8) is 0 Å². The minimum Gasteiger partial charge on any atom is -0.481 e. The molecule has 0 amide bonds. The Morgan fingerprint density at radius 3 is 2.85 bits per heavy atom. The average Bonchev–Trinajstić information content (AvgIpc) is 2.10. The number of thioether (sulfide) groups is 1. The third kappa shape index (κ3) is 7.91. The minimum absolute atomic E-state index is 0.218. The average molecular weight is 202 g/mol. The molecule has 0 saturated carbocycles. The van der Waals surface area contributed by atoms with E-state index in [1.165, 1.54) is 0 Å². The summed E-state index contributed by atoms with van der Waals surface area (Å²) in [6.45, 7) is 5.39. The Balaban J connectivity index is 3.15. The van der Waals surface area contributed by atoms with Gasteiger partial charge in [-0.25, -0.2) is 0 Å². The van der Waals surface area contributed by atoms with E-state index in [0.717, 1.165) is 30.8 Å². The molecular formula is C10H18O2S. The van der Waals surface area contributed by atoms with Gasteiger partial charge in [-0.2, -0.15) is 11.8 Å². The fourth-order valence-corrected chi connectivity index (χ4v) is 1.90. The van der Waals surface area contributed by atoms with Crippen LogP contribution in [0.25, 0.3) is 0 Å². The second kappa shape index (κ2) is 8.17. The Bertz CT molecular complexity index is 157. The van der Waals surface area contributed by atoms with E-state index < -0.39 is 5.97 Å². The van der Waals surface area contributed by atoms with Gasteiger partial charge in [0, 0.05) is 5.75 Å². The van der Waals surface area contributed by atoms with Crippen LogP contribution in [0.15, 0.2) is 12.7 Å². The predicted molar refractivity (Wildman–Crippen MR) is 58.2 cm³/mol. The fraction of sp³-hybridized carbons (Fsp3) is 0.700. The predicted octanol–water partition coefficient (Wildman–Crippen LogP) is 2.80. The van der Waals surface area contributed by atoms with Crippen molar-refractivity contribution in [2.24, 2.45) is 5.92 Å². The molecular weight excluding hydrogens is 184 g/mol. The van der Waals surface area contributed by atoms with Gasteiger partial charge in [0.1, 0.15) is 0 Å². The molecule has 3 heteroatoms. The van der Waals surface area contributed by atoms with E-state index in [0.29, 0.717) is 0 Å². The van der Waals surface area contributed by atoms with Crippen LogP contribution in [0.5, 0.6) is 0 Å². The summed E-state index contributed by atoms with van der Waals surface area (Å²) >= 11 is 1.72. The van der Waals surface area contributed by atoms with Crippen molar-refractivity contribution < 1.29 is 9.90 Å². The number of hydrogen-bond donors (Lipinski definition) is 1. The highest BCUT2D eigenvalue weighted by molar-refractivity contribution is 7.99. The monoisotopic (exact) mass is 202 g/mol. The first-order valence-electron chi connectivity index (χ1n) is 4.60. The van der Waals surface area contributed by atoms with Gasteiger partial charge in [0.25, 0.3) is 0 Å². The number of aliphatic carboxylic acids is 1. The molecule has 0 saturated heterocycles. The van der Waals surface area contributed by atoms with Crippen LogP contribution in [0.1, 0.15) is 26.2 Å². The van der Waals surface area contributed by atoms with Crippen molar-refractivity contribution in [1.82, 2.24) is 0 Å². The first kappa shape index (κ1) is 12.6. The van der Waals surface area contributed by atoms with Gasteiger partial charge in [-0.15, -0.1) is 6.58 Å². The van der Waals surface area contributed by atoms with Crippen LogP contribution < -0.4 is 0 Å². The van der Waals surface area contributed by atoms with E-state index in [-0.39, 0.29) is 5.92 Å². The van der Waals surface area contributed by atoms with Gasteiger partial charge in [-0.05, 0) is 25.0 Å². The van der Waals surface area contributed by atoms with E-state index in [4.69, 9.17) is 5.11 Å². The molecule has 0 aromatic carbocycles. The molecule has 13 heavy (non-hydrogen) atoms. The van der Waals surface area contributed by atoms with Crippen molar-refractivity contribution in [2.45, 2.75) is 26.2 Å². The maximum absolute atomic E-state index is 10.4. The molecule has 0 aliphatic heterocycles. The Labute approximate surface area is 84.4 Å². The van der Waals surface area contributed by atoms with Crippen molar-refractivity contribution in [3.8, 4) is 0 Å². The van der Waals surface area contributed by atoms with Gasteiger partial charge in [0.2, 0.25) is 0 Å². The summed E-state index contributed by atoms with van der Waals surface area (Å²) in [5, 5.41) is 8.60. The minimum atomic E-state index is -0.696. The standard InChI is InChI=1S/C10H18O2S/c1-3-4-5-6-7-13-8-9(2)10(11)12/h3,9H,1,4-8H2,2H3,(H,11,12). The molecule has 0 aromatic heterocycles. The number of unbranched alkanes of at least 4 members (excludes halogenated alkanes) is 2. The number of carboxylic acid groups (broad SMARTS) is 1. The Morgan fingerprint density at radius 1 is 1.62 bits per heavy atom. The van der Waals surface area contributed by atoms with E-state index in [2.05, 4.69) is 6.58 Å². The lowest BCUT2D eigenvalue weighted by Gasteiger charge is -2.04. The third-order valence-corrected chi connectivity index (χ3v) is 3.05. The summed E-state index contributed by atoms with van der Waals surface area (Å²) in [5.74, 6) is 0.873. The van der Waals surface area contributed by atoms with Gasteiger partial charge in [0.15, 0.2) is 0 Å². The molecule has 0 aromatic rings. The maximum atomic E-state index is 10.4. The normalized spacial score (nSPS) is 12.4. The SMILES string of the molecule is C=CCCCCSCC(C)C(=O)O. The Kier molecular flexibility index (Phi) is 7.90. The van der Waals surface area contributed by atoms with Crippen LogP contribution >= 0.6 is 11.8 Å². The lowest BCUT2D eigenvalue weighted by molar-refractivity contribution is -0.140. The van der Waals surface area contributed by atoms with Crippen molar-refractivity contribution in [2.75, 3.05) is 11.5 Å². The maximum Gasteiger partial charge on any atom is 0.307 e.